The Morgan fingerprint density at radius 1 is 1.28 bits per heavy atom. The number of likely N-dealkylation sites (tertiary alicyclic amines) is 1. The van der Waals surface area contributed by atoms with Crippen LogP contribution in [0.4, 0.5) is 0 Å². The molecule has 0 aliphatic carbocycles. The number of halogens is 1. The van der Waals surface area contributed by atoms with Gasteiger partial charge in [-0.2, -0.15) is 0 Å². The van der Waals surface area contributed by atoms with Gasteiger partial charge in [0.15, 0.2) is 0 Å². The summed E-state index contributed by atoms with van der Waals surface area (Å²) in [6.07, 6.45) is 2.43. The molecule has 130 valence electrons. The second-order valence-corrected chi connectivity index (χ2v) is 8.29. The van der Waals surface area contributed by atoms with Crippen molar-refractivity contribution < 1.29 is 0 Å². The SMILES string of the molecule is CC1CCN(Cc2nc3cc(-c4ccc(Cl)cc4)sc3c(=O)[nH]2)CC1. The Morgan fingerprint density at radius 3 is 2.72 bits per heavy atom. The number of H-pyrrole nitrogens is 1. The highest BCUT2D eigenvalue weighted by Gasteiger charge is 2.17. The van der Waals surface area contributed by atoms with Gasteiger partial charge >= 0.3 is 0 Å². The van der Waals surface area contributed by atoms with Gasteiger partial charge in [-0.3, -0.25) is 9.69 Å². The van der Waals surface area contributed by atoms with Crippen molar-refractivity contribution in [3.8, 4) is 10.4 Å². The normalized spacial score (nSPS) is 16.6. The molecule has 0 atom stereocenters. The third-order valence-electron chi connectivity index (χ3n) is 4.81. The van der Waals surface area contributed by atoms with Crippen LogP contribution in [-0.2, 0) is 6.54 Å². The van der Waals surface area contributed by atoms with Crippen LogP contribution in [-0.4, -0.2) is 28.0 Å². The molecule has 1 saturated heterocycles. The number of hydrogen-bond donors (Lipinski definition) is 1. The minimum Gasteiger partial charge on any atom is -0.308 e. The molecule has 0 unspecified atom stereocenters. The Morgan fingerprint density at radius 2 is 2.00 bits per heavy atom. The maximum Gasteiger partial charge on any atom is 0.268 e. The first kappa shape index (κ1) is 16.8. The zero-order chi connectivity index (χ0) is 17.4. The van der Waals surface area contributed by atoms with Gasteiger partial charge in [0.25, 0.3) is 5.56 Å². The number of hydrogen-bond acceptors (Lipinski definition) is 4. The quantitative estimate of drug-likeness (QED) is 0.733. The number of benzene rings is 1. The Kier molecular flexibility index (Phi) is 4.63. The van der Waals surface area contributed by atoms with Crippen molar-refractivity contribution >= 4 is 33.2 Å². The highest BCUT2D eigenvalue weighted by molar-refractivity contribution is 7.22. The van der Waals surface area contributed by atoms with E-state index in [1.54, 1.807) is 0 Å². The molecule has 0 spiro atoms. The van der Waals surface area contributed by atoms with Gasteiger partial charge in [0, 0.05) is 9.90 Å². The molecule has 1 fully saturated rings. The van der Waals surface area contributed by atoms with E-state index in [2.05, 4.69) is 16.8 Å². The maximum atomic E-state index is 12.5. The molecule has 0 saturated carbocycles. The number of nitrogens with one attached hydrogen (secondary N) is 1. The van der Waals surface area contributed by atoms with E-state index >= 15 is 0 Å². The number of rotatable bonds is 3. The molecule has 6 heteroatoms. The molecule has 0 radical (unpaired) electrons. The van der Waals surface area contributed by atoms with E-state index in [0.717, 1.165) is 40.8 Å². The van der Waals surface area contributed by atoms with Crippen molar-refractivity contribution in [1.29, 1.82) is 0 Å². The van der Waals surface area contributed by atoms with E-state index < -0.39 is 0 Å². The standard InChI is InChI=1S/C19H20ClN3OS/c1-12-6-8-23(9-7-12)11-17-21-15-10-16(25-18(15)19(24)22-17)13-2-4-14(20)5-3-13/h2-5,10,12H,6-9,11H2,1H3,(H,21,22,24). The minimum absolute atomic E-state index is 0.0457. The van der Waals surface area contributed by atoms with Crippen LogP contribution in [0.25, 0.3) is 20.7 Å². The largest absolute Gasteiger partial charge is 0.308 e. The van der Waals surface area contributed by atoms with Gasteiger partial charge in [-0.05, 0) is 55.6 Å². The summed E-state index contributed by atoms with van der Waals surface area (Å²) in [6, 6.07) is 9.66. The number of fused-ring (bicyclic) bond motifs is 1. The molecule has 1 aromatic carbocycles. The lowest BCUT2D eigenvalue weighted by molar-refractivity contribution is 0.181. The van der Waals surface area contributed by atoms with Gasteiger partial charge in [-0.15, -0.1) is 11.3 Å². The molecule has 4 nitrogen and oxygen atoms in total. The first-order valence-corrected chi connectivity index (χ1v) is 9.79. The summed E-state index contributed by atoms with van der Waals surface area (Å²) in [4.78, 5) is 23.5. The Bertz CT molecular complexity index is 939. The Hall–Kier alpha value is -1.69. The van der Waals surface area contributed by atoms with Crippen LogP contribution in [0.1, 0.15) is 25.6 Å². The lowest BCUT2D eigenvalue weighted by Gasteiger charge is -2.29. The Balaban J connectivity index is 1.63. The molecule has 2 aromatic heterocycles. The first-order chi connectivity index (χ1) is 12.1. The summed E-state index contributed by atoms with van der Waals surface area (Å²) in [5, 5.41) is 0.707. The van der Waals surface area contributed by atoms with E-state index in [1.165, 1.54) is 24.2 Å². The van der Waals surface area contributed by atoms with Crippen LogP contribution < -0.4 is 5.56 Å². The molecule has 1 N–H and O–H groups in total. The van der Waals surface area contributed by atoms with Gasteiger partial charge < -0.3 is 4.98 Å². The first-order valence-electron chi connectivity index (χ1n) is 8.59. The molecule has 1 aliphatic heterocycles. The average molecular weight is 374 g/mol. The van der Waals surface area contributed by atoms with Crippen molar-refractivity contribution in [3.63, 3.8) is 0 Å². The third-order valence-corrected chi connectivity index (χ3v) is 6.23. The average Bonchev–Trinajstić information content (AvgIpc) is 3.02. The van der Waals surface area contributed by atoms with Crippen molar-refractivity contribution in [2.24, 2.45) is 5.92 Å². The number of piperidine rings is 1. The van der Waals surface area contributed by atoms with Gasteiger partial charge in [-0.25, -0.2) is 4.98 Å². The fourth-order valence-corrected chi connectivity index (χ4v) is 4.37. The number of thiophene rings is 1. The van der Waals surface area contributed by atoms with Gasteiger partial charge in [0.1, 0.15) is 10.5 Å². The van der Waals surface area contributed by atoms with E-state index in [0.29, 0.717) is 16.3 Å². The second kappa shape index (κ2) is 6.90. The van der Waals surface area contributed by atoms with E-state index in [4.69, 9.17) is 16.6 Å². The maximum absolute atomic E-state index is 12.5. The molecule has 3 aromatic rings. The molecule has 1 aliphatic rings. The Labute approximate surface area is 155 Å². The molecular weight excluding hydrogens is 354 g/mol. The summed E-state index contributed by atoms with van der Waals surface area (Å²) < 4.78 is 0.681. The summed E-state index contributed by atoms with van der Waals surface area (Å²) in [5.74, 6) is 1.55. The van der Waals surface area contributed by atoms with Crippen molar-refractivity contribution in [3.05, 3.63) is 51.5 Å². The van der Waals surface area contributed by atoms with Crippen molar-refractivity contribution in [2.75, 3.05) is 13.1 Å². The third kappa shape index (κ3) is 3.64. The van der Waals surface area contributed by atoms with Crippen LogP contribution in [0.3, 0.4) is 0 Å². The highest BCUT2D eigenvalue weighted by atomic mass is 35.5. The number of aromatic amines is 1. The van der Waals surface area contributed by atoms with E-state index in [9.17, 15) is 4.79 Å². The van der Waals surface area contributed by atoms with Gasteiger partial charge in [0.05, 0.1) is 12.1 Å². The van der Waals surface area contributed by atoms with E-state index in [1.807, 2.05) is 30.3 Å². The summed E-state index contributed by atoms with van der Waals surface area (Å²) in [7, 11) is 0. The summed E-state index contributed by atoms with van der Waals surface area (Å²) >= 11 is 7.43. The van der Waals surface area contributed by atoms with E-state index in [-0.39, 0.29) is 5.56 Å². The molecule has 3 heterocycles. The summed E-state index contributed by atoms with van der Waals surface area (Å²) in [5.41, 5.74) is 1.79. The number of aromatic nitrogens is 2. The van der Waals surface area contributed by atoms with Gasteiger partial charge in [0.2, 0.25) is 0 Å². The van der Waals surface area contributed by atoms with Crippen LogP contribution >= 0.6 is 22.9 Å². The lowest BCUT2D eigenvalue weighted by atomic mass is 9.99. The van der Waals surface area contributed by atoms with Crippen LogP contribution in [0, 0.1) is 5.92 Å². The van der Waals surface area contributed by atoms with Crippen LogP contribution in [0.15, 0.2) is 35.1 Å². The predicted octanol–water partition coefficient (Wildman–Crippen LogP) is 4.54. The zero-order valence-corrected chi connectivity index (χ0v) is 15.7. The van der Waals surface area contributed by atoms with Gasteiger partial charge in [-0.1, -0.05) is 30.7 Å². The molecule has 25 heavy (non-hydrogen) atoms. The van der Waals surface area contributed by atoms with Crippen LogP contribution in [0.2, 0.25) is 5.02 Å². The van der Waals surface area contributed by atoms with Crippen molar-refractivity contribution in [2.45, 2.75) is 26.3 Å². The summed E-state index contributed by atoms with van der Waals surface area (Å²) in [6.45, 7) is 5.16. The fourth-order valence-electron chi connectivity index (χ4n) is 3.25. The number of nitrogens with zero attached hydrogens (tertiary/aromatic N) is 2. The molecular formula is C19H20ClN3OS. The zero-order valence-electron chi connectivity index (χ0n) is 14.1. The minimum atomic E-state index is -0.0457. The monoisotopic (exact) mass is 373 g/mol. The topological polar surface area (TPSA) is 49.0 Å². The lowest BCUT2D eigenvalue weighted by Crippen LogP contribution is -2.33. The molecule has 4 rings (SSSR count). The van der Waals surface area contributed by atoms with Crippen molar-refractivity contribution in [1.82, 2.24) is 14.9 Å². The van der Waals surface area contributed by atoms with Crippen LogP contribution in [0.5, 0.6) is 0 Å². The predicted molar refractivity (Wildman–Crippen MR) is 104 cm³/mol. The fraction of sp³-hybridized carbons (Fsp3) is 0.368. The molecule has 0 amide bonds. The second-order valence-electron chi connectivity index (χ2n) is 6.80. The smallest absolute Gasteiger partial charge is 0.268 e. The molecule has 0 bridgehead atoms. The highest BCUT2D eigenvalue weighted by Crippen LogP contribution is 2.31.